The van der Waals surface area contributed by atoms with Crippen LogP contribution in [-0.2, 0) is 0 Å². The molecule has 1 aliphatic rings. The zero-order valence-electron chi connectivity index (χ0n) is 15.6. The number of nitro benzene ring substituents is 1. The van der Waals surface area contributed by atoms with Crippen molar-refractivity contribution in [2.75, 3.05) is 22.9 Å². The SMILES string of the molecule is O=C1N(c2ccc(Oc3ccccc3)cc2)CCCN1c1cccc([N+](=O)[O-])c1. The Bertz CT molecular complexity index is 1020. The molecule has 3 aromatic rings. The zero-order valence-corrected chi connectivity index (χ0v) is 15.6. The molecule has 4 rings (SSSR count). The number of nitro groups is 1. The number of hydrogen-bond donors (Lipinski definition) is 0. The van der Waals surface area contributed by atoms with Gasteiger partial charge in [0.25, 0.3) is 5.69 Å². The number of benzene rings is 3. The standard InChI is InChI=1S/C22H19N3O4/c26-22-23(14-5-15-24(22)18-6-4-7-19(16-18)25(27)28)17-10-12-21(13-11-17)29-20-8-2-1-3-9-20/h1-4,6-13,16H,5,14-15H2. The van der Waals surface area contributed by atoms with Crippen LogP contribution in [0.2, 0.25) is 0 Å². The number of carbonyl (C=O) groups excluding carboxylic acids is 1. The van der Waals surface area contributed by atoms with Crippen molar-refractivity contribution in [3.63, 3.8) is 0 Å². The van der Waals surface area contributed by atoms with E-state index in [0.29, 0.717) is 24.5 Å². The van der Waals surface area contributed by atoms with E-state index in [9.17, 15) is 14.9 Å². The first-order valence-electron chi connectivity index (χ1n) is 9.28. The summed E-state index contributed by atoms with van der Waals surface area (Å²) in [4.78, 5) is 26.9. The molecule has 0 N–H and O–H groups in total. The second kappa shape index (κ2) is 8.02. The van der Waals surface area contributed by atoms with Gasteiger partial charge in [0, 0.05) is 30.9 Å². The predicted octanol–water partition coefficient (Wildman–Crippen LogP) is 5.22. The molecule has 1 aliphatic heterocycles. The summed E-state index contributed by atoms with van der Waals surface area (Å²) in [5.74, 6) is 1.42. The average molecular weight is 389 g/mol. The van der Waals surface area contributed by atoms with Crippen LogP contribution >= 0.6 is 0 Å². The molecule has 0 aliphatic carbocycles. The second-order valence-corrected chi connectivity index (χ2v) is 6.63. The van der Waals surface area contributed by atoms with Gasteiger partial charge >= 0.3 is 6.03 Å². The van der Waals surface area contributed by atoms with Crippen molar-refractivity contribution in [1.82, 2.24) is 0 Å². The summed E-state index contributed by atoms with van der Waals surface area (Å²) in [7, 11) is 0. The molecule has 1 heterocycles. The van der Waals surface area contributed by atoms with E-state index in [1.807, 2.05) is 54.6 Å². The van der Waals surface area contributed by atoms with Crippen molar-refractivity contribution in [2.24, 2.45) is 0 Å². The molecule has 0 bridgehead atoms. The van der Waals surface area contributed by atoms with Crippen molar-refractivity contribution in [1.29, 1.82) is 0 Å². The van der Waals surface area contributed by atoms with Gasteiger partial charge in [-0.05, 0) is 48.9 Å². The van der Waals surface area contributed by atoms with Crippen LogP contribution < -0.4 is 14.5 Å². The number of non-ortho nitro benzene ring substituents is 1. The first kappa shape index (κ1) is 18.5. The Morgan fingerprint density at radius 1 is 0.793 bits per heavy atom. The van der Waals surface area contributed by atoms with Gasteiger partial charge in [0.2, 0.25) is 0 Å². The number of amides is 2. The second-order valence-electron chi connectivity index (χ2n) is 6.63. The number of anilines is 2. The highest BCUT2D eigenvalue weighted by atomic mass is 16.6. The maximum absolute atomic E-state index is 13.0. The van der Waals surface area contributed by atoms with Crippen molar-refractivity contribution in [3.05, 3.63) is 89.0 Å². The Labute approximate surface area is 167 Å². The molecule has 1 saturated heterocycles. The highest BCUT2D eigenvalue weighted by molar-refractivity contribution is 6.04. The number of carbonyl (C=O) groups is 1. The molecule has 29 heavy (non-hydrogen) atoms. The maximum atomic E-state index is 13.0. The quantitative estimate of drug-likeness (QED) is 0.443. The number of ether oxygens (including phenoxy) is 1. The van der Waals surface area contributed by atoms with Gasteiger partial charge in [-0.15, -0.1) is 0 Å². The molecule has 0 atom stereocenters. The van der Waals surface area contributed by atoms with E-state index in [1.165, 1.54) is 12.1 Å². The third kappa shape index (κ3) is 4.03. The Hall–Kier alpha value is -3.87. The summed E-state index contributed by atoms with van der Waals surface area (Å²) in [5.41, 5.74) is 1.25. The summed E-state index contributed by atoms with van der Waals surface area (Å²) < 4.78 is 5.80. The molecule has 0 saturated carbocycles. The monoisotopic (exact) mass is 389 g/mol. The molecule has 7 heteroatoms. The van der Waals surface area contributed by atoms with Gasteiger partial charge in [-0.3, -0.25) is 19.9 Å². The number of rotatable bonds is 5. The van der Waals surface area contributed by atoms with Gasteiger partial charge in [0.15, 0.2) is 0 Å². The largest absolute Gasteiger partial charge is 0.457 e. The fraction of sp³-hybridized carbons (Fsp3) is 0.136. The number of para-hydroxylation sites is 1. The predicted molar refractivity (Wildman–Crippen MR) is 111 cm³/mol. The smallest absolute Gasteiger partial charge is 0.328 e. The third-order valence-electron chi connectivity index (χ3n) is 4.70. The maximum Gasteiger partial charge on any atom is 0.328 e. The lowest BCUT2D eigenvalue weighted by Gasteiger charge is -2.35. The van der Waals surface area contributed by atoms with E-state index >= 15 is 0 Å². The normalized spacial score (nSPS) is 14.0. The van der Waals surface area contributed by atoms with E-state index in [-0.39, 0.29) is 11.7 Å². The van der Waals surface area contributed by atoms with Crippen molar-refractivity contribution >= 4 is 23.1 Å². The lowest BCUT2D eigenvalue weighted by atomic mass is 10.2. The highest BCUT2D eigenvalue weighted by Gasteiger charge is 2.28. The Morgan fingerprint density at radius 3 is 2.14 bits per heavy atom. The number of urea groups is 1. The molecule has 0 spiro atoms. The van der Waals surface area contributed by atoms with Crippen molar-refractivity contribution in [3.8, 4) is 11.5 Å². The molecule has 3 aromatic carbocycles. The summed E-state index contributed by atoms with van der Waals surface area (Å²) in [6, 6.07) is 22.7. The average Bonchev–Trinajstić information content (AvgIpc) is 2.75. The highest BCUT2D eigenvalue weighted by Crippen LogP contribution is 2.29. The first-order chi connectivity index (χ1) is 14.1. The fourth-order valence-electron chi connectivity index (χ4n) is 3.30. The molecule has 0 radical (unpaired) electrons. The summed E-state index contributed by atoms with van der Waals surface area (Å²) >= 11 is 0. The summed E-state index contributed by atoms with van der Waals surface area (Å²) in [5, 5.41) is 11.0. The van der Waals surface area contributed by atoms with Crippen LogP contribution in [0, 0.1) is 10.1 Å². The van der Waals surface area contributed by atoms with E-state index in [4.69, 9.17) is 4.74 Å². The zero-order chi connectivity index (χ0) is 20.2. The Kier molecular flexibility index (Phi) is 5.11. The molecule has 7 nitrogen and oxygen atoms in total. The number of nitrogens with zero attached hydrogens (tertiary/aromatic N) is 3. The van der Waals surface area contributed by atoms with Gasteiger partial charge in [-0.25, -0.2) is 4.79 Å². The Balaban J connectivity index is 1.52. The topological polar surface area (TPSA) is 75.9 Å². The van der Waals surface area contributed by atoms with E-state index in [2.05, 4.69) is 0 Å². The third-order valence-corrected chi connectivity index (χ3v) is 4.70. The Morgan fingerprint density at radius 2 is 1.45 bits per heavy atom. The first-order valence-corrected chi connectivity index (χ1v) is 9.28. The molecule has 146 valence electrons. The van der Waals surface area contributed by atoms with Crippen LogP contribution in [0.5, 0.6) is 11.5 Å². The van der Waals surface area contributed by atoms with E-state index < -0.39 is 4.92 Å². The van der Waals surface area contributed by atoms with Gasteiger partial charge in [0.1, 0.15) is 11.5 Å². The summed E-state index contributed by atoms with van der Waals surface area (Å²) in [6.45, 7) is 1.11. The lowest BCUT2D eigenvalue weighted by Crippen LogP contribution is -2.49. The fourth-order valence-corrected chi connectivity index (χ4v) is 3.30. The van der Waals surface area contributed by atoms with Crippen molar-refractivity contribution in [2.45, 2.75) is 6.42 Å². The van der Waals surface area contributed by atoms with E-state index in [0.717, 1.165) is 17.9 Å². The number of hydrogen-bond acceptors (Lipinski definition) is 4. The van der Waals surface area contributed by atoms with Crippen LogP contribution in [0.1, 0.15) is 6.42 Å². The molecule has 0 unspecified atom stereocenters. The van der Waals surface area contributed by atoms with Gasteiger partial charge in [-0.1, -0.05) is 24.3 Å². The van der Waals surface area contributed by atoms with Crippen LogP contribution in [0.15, 0.2) is 78.9 Å². The molecule has 1 fully saturated rings. The minimum Gasteiger partial charge on any atom is -0.457 e. The van der Waals surface area contributed by atoms with Crippen LogP contribution in [0.4, 0.5) is 21.9 Å². The molecule has 2 amide bonds. The van der Waals surface area contributed by atoms with Gasteiger partial charge in [0.05, 0.1) is 10.6 Å². The molecular formula is C22H19N3O4. The van der Waals surface area contributed by atoms with E-state index in [1.54, 1.807) is 21.9 Å². The minimum absolute atomic E-state index is 0.0326. The lowest BCUT2D eigenvalue weighted by molar-refractivity contribution is -0.384. The molecule has 0 aromatic heterocycles. The minimum atomic E-state index is -0.457. The van der Waals surface area contributed by atoms with Crippen LogP contribution in [-0.4, -0.2) is 24.0 Å². The van der Waals surface area contributed by atoms with Crippen LogP contribution in [0.3, 0.4) is 0 Å². The summed E-state index contributed by atoms with van der Waals surface area (Å²) in [6.07, 6.45) is 0.761. The van der Waals surface area contributed by atoms with Gasteiger partial charge in [-0.2, -0.15) is 0 Å². The van der Waals surface area contributed by atoms with Crippen LogP contribution in [0.25, 0.3) is 0 Å². The van der Waals surface area contributed by atoms with Gasteiger partial charge < -0.3 is 4.74 Å². The van der Waals surface area contributed by atoms with Crippen molar-refractivity contribution < 1.29 is 14.5 Å². The molecular weight excluding hydrogens is 370 g/mol.